The topological polar surface area (TPSA) is 30.7 Å². The van der Waals surface area contributed by atoms with E-state index in [9.17, 15) is 0 Å². The Morgan fingerprint density at radius 1 is 1.50 bits per heavy atom. The Balaban J connectivity index is 2.57. The van der Waals surface area contributed by atoms with Crippen molar-refractivity contribution in [3.05, 3.63) is 39.8 Å². The normalized spacial score (nSPS) is 10.5. The van der Waals surface area contributed by atoms with Crippen LogP contribution in [0.25, 0.3) is 5.69 Å². The van der Waals surface area contributed by atoms with Gasteiger partial charge < -0.3 is 0 Å². The van der Waals surface area contributed by atoms with Gasteiger partial charge in [0, 0.05) is 12.4 Å². The summed E-state index contributed by atoms with van der Waals surface area (Å²) < 4.78 is 2.63. The zero-order valence-electron chi connectivity index (χ0n) is 7.41. The van der Waals surface area contributed by atoms with Gasteiger partial charge in [-0.2, -0.15) is 5.10 Å². The van der Waals surface area contributed by atoms with E-state index in [0.29, 0.717) is 5.02 Å². The Labute approximate surface area is 94.9 Å². The van der Waals surface area contributed by atoms with Gasteiger partial charge in [-0.05, 0) is 28.9 Å². The summed E-state index contributed by atoms with van der Waals surface area (Å²) >= 11 is 9.43. The van der Waals surface area contributed by atoms with Crippen LogP contribution in [0.15, 0.2) is 29.1 Å². The quantitative estimate of drug-likeness (QED) is 0.799. The Morgan fingerprint density at radius 3 is 2.93 bits per heavy atom. The lowest BCUT2D eigenvalue weighted by atomic mass is 10.3. The molecule has 0 aliphatic rings. The van der Waals surface area contributed by atoms with E-state index in [4.69, 9.17) is 11.6 Å². The lowest BCUT2D eigenvalue weighted by Gasteiger charge is -2.04. The first-order valence-electron chi connectivity index (χ1n) is 4.00. The zero-order chi connectivity index (χ0) is 10.1. The van der Waals surface area contributed by atoms with Crippen LogP contribution in [0.4, 0.5) is 0 Å². The van der Waals surface area contributed by atoms with E-state index in [0.717, 1.165) is 15.9 Å². The van der Waals surface area contributed by atoms with Crippen LogP contribution in [0, 0.1) is 6.92 Å². The molecule has 0 N–H and O–H groups in total. The maximum absolute atomic E-state index is 6.10. The number of rotatable bonds is 1. The van der Waals surface area contributed by atoms with Gasteiger partial charge in [-0.25, -0.2) is 4.68 Å². The number of halogens is 2. The fourth-order valence-corrected chi connectivity index (χ4v) is 1.63. The van der Waals surface area contributed by atoms with E-state index in [1.165, 1.54) is 0 Å². The summed E-state index contributed by atoms with van der Waals surface area (Å²) in [5.74, 6) is 0. The molecule has 0 bridgehead atoms. The second kappa shape index (κ2) is 3.71. The van der Waals surface area contributed by atoms with Crippen LogP contribution >= 0.6 is 27.5 Å². The molecule has 3 nitrogen and oxygen atoms in total. The standard InChI is InChI=1S/C9H7BrClN3/c1-6-9(11)8(2-3-12-6)14-5-7(10)4-13-14/h2-5H,1H3. The van der Waals surface area contributed by atoms with Gasteiger partial charge in [0.25, 0.3) is 0 Å². The van der Waals surface area contributed by atoms with Gasteiger partial charge in [-0.15, -0.1) is 0 Å². The summed E-state index contributed by atoms with van der Waals surface area (Å²) in [6.07, 6.45) is 5.28. The summed E-state index contributed by atoms with van der Waals surface area (Å²) in [4.78, 5) is 4.09. The molecule has 0 radical (unpaired) electrons. The van der Waals surface area contributed by atoms with Gasteiger partial charge in [0.15, 0.2) is 0 Å². The largest absolute Gasteiger partial charge is 0.260 e. The molecule has 0 aromatic carbocycles. The minimum Gasteiger partial charge on any atom is -0.260 e. The first-order valence-corrected chi connectivity index (χ1v) is 5.17. The SMILES string of the molecule is Cc1nccc(-n2cc(Br)cn2)c1Cl. The average Bonchev–Trinajstić information content (AvgIpc) is 2.57. The third-order valence-corrected chi connectivity index (χ3v) is 2.72. The molecule has 0 saturated carbocycles. The summed E-state index contributed by atoms with van der Waals surface area (Å²) in [6.45, 7) is 1.87. The third-order valence-electron chi connectivity index (χ3n) is 1.84. The predicted molar refractivity (Wildman–Crippen MR) is 58.8 cm³/mol. The molecule has 2 aromatic rings. The summed E-state index contributed by atoms with van der Waals surface area (Å²) in [5.41, 5.74) is 1.64. The summed E-state index contributed by atoms with van der Waals surface area (Å²) in [7, 11) is 0. The highest BCUT2D eigenvalue weighted by Gasteiger charge is 2.06. The summed E-state index contributed by atoms with van der Waals surface area (Å²) in [6, 6.07) is 1.83. The number of aromatic nitrogens is 3. The number of aryl methyl sites for hydroxylation is 1. The molecule has 0 atom stereocenters. The minimum absolute atomic E-state index is 0.628. The fraction of sp³-hybridized carbons (Fsp3) is 0.111. The Bertz CT molecular complexity index is 467. The van der Waals surface area contributed by atoms with Crippen LogP contribution < -0.4 is 0 Å². The van der Waals surface area contributed by atoms with E-state index in [1.807, 2.05) is 19.2 Å². The lowest BCUT2D eigenvalue weighted by molar-refractivity contribution is 0.875. The molecule has 0 fully saturated rings. The van der Waals surface area contributed by atoms with Crippen molar-refractivity contribution in [2.45, 2.75) is 6.92 Å². The highest BCUT2D eigenvalue weighted by atomic mass is 79.9. The smallest absolute Gasteiger partial charge is 0.0875 e. The van der Waals surface area contributed by atoms with E-state index in [2.05, 4.69) is 26.0 Å². The minimum atomic E-state index is 0.628. The van der Waals surface area contributed by atoms with Gasteiger partial charge in [0.2, 0.25) is 0 Å². The highest BCUT2D eigenvalue weighted by Crippen LogP contribution is 2.22. The van der Waals surface area contributed by atoms with Crippen molar-refractivity contribution < 1.29 is 0 Å². The summed E-state index contributed by atoms with van der Waals surface area (Å²) in [5, 5.41) is 4.77. The molecule has 72 valence electrons. The first kappa shape index (κ1) is 9.68. The maximum atomic E-state index is 6.10. The van der Waals surface area contributed by atoms with E-state index < -0.39 is 0 Å². The molecular weight excluding hydrogens is 265 g/mol. The molecule has 0 unspecified atom stereocenters. The van der Waals surface area contributed by atoms with E-state index in [-0.39, 0.29) is 0 Å². The van der Waals surface area contributed by atoms with E-state index in [1.54, 1.807) is 17.1 Å². The number of nitrogens with zero attached hydrogens (tertiary/aromatic N) is 3. The average molecular weight is 273 g/mol. The maximum Gasteiger partial charge on any atom is 0.0875 e. The molecule has 5 heteroatoms. The van der Waals surface area contributed by atoms with Crippen LogP contribution in [0.2, 0.25) is 5.02 Å². The van der Waals surface area contributed by atoms with Gasteiger partial charge in [0.1, 0.15) is 0 Å². The molecule has 2 aromatic heterocycles. The van der Waals surface area contributed by atoms with Crippen LogP contribution in [-0.4, -0.2) is 14.8 Å². The van der Waals surface area contributed by atoms with Gasteiger partial charge in [-0.3, -0.25) is 4.98 Å². The third kappa shape index (κ3) is 1.67. The number of hydrogen-bond acceptors (Lipinski definition) is 2. The molecule has 0 aliphatic heterocycles. The van der Waals surface area contributed by atoms with Crippen molar-refractivity contribution in [3.63, 3.8) is 0 Å². The second-order valence-electron chi connectivity index (χ2n) is 2.83. The Kier molecular flexibility index (Phi) is 2.56. The Morgan fingerprint density at radius 2 is 2.29 bits per heavy atom. The second-order valence-corrected chi connectivity index (χ2v) is 4.13. The molecule has 0 aliphatic carbocycles. The van der Waals surface area contributed by atoms with Crippen LogP contribution in [0.5, 0.6) is 0 Å². The van der Waals surface area contributed by atoms with Gasteiger partial charge in [0.05, 0.1) is 27.1 Å². The van der Waals surface area contributed by atoms with E-state index >= 15 is 0 Å². The van der Waals surface area contributed by atoms with Gasteiger partial charge >= 0.3 is 0 Å². The van der Waals surface area contributed by atoms with Crippen molar-refractivity contribution in [1.29, 1.82) is 0 Å². The lowest BCUT2D eigenvalue weighted by Crippen LogP contribution is -1.97. The molecule has 14 heavy (non-hydrogen) atoms. The van der Waals surface area contributed by atoms with Crippen molar-refractivity contribution in [2.24, 2.45) is 0 Å². The number of pyridine rings is 1. The molecular formula is C9H7BrClN3. The monoisotopic (exact) mass is 271 g/mol. The van der Waals surface area contributed by atoms with Crippen LogP contribution in [-0.2, 0) is 0 Å². The van der Waals surface area contributed by atoms with Crippen molar-refractivity contribution >= 4 is 27.5 Å². The zero-order valence-corrected chi connectivity index (χ0v) is 9.75. The fourth-order valence-electron chi connectivity index (χ4n) is 1.14. The van der Waals surface area contributed by atoms with Gasteiger partial charge in [-0.1, -0.05) is 11.6 Å². The highest BCUT2D eigenvalue weighted by molar-refractivity contribution is 9.10. The predicted octanol–water partition coefficient (Wildman–Crippen LogP) is 2.99. The molecule has 2 heterocycles. The first-order chi connectivity index (χ1) is 6.68. The Hall–Kier alpha value is -0.870. The van der Waals surface area contributed by atoms with Crippen molar-refractivity contribution in [1.82, 2.24) is 14.8 Å². The number of hydrogen-bond donors (Lipinski definition) is 0. The molecule has 0 spiro atoms. The van der Waals surface area contributed by atoms with Crippen LogP contribution in [0.1, 0.15) is 5.69 Å². The molecule has 0 saturated heterocycles. The van der Waals surface area contributed by atoms with Crippen LogP contribution in [0.3, 0.4) is 0 Å². The molecule has 2 rings (SSSR count). The van der Waals surface area contributed by atoms with Crippen molar-refractivity contribution in [3.8, 4) is 5.69 Å². The van der Waals surface area contributed by atoms with Crippen molar-refractivity contribution in [2.75, 3.05) is 0 Å². The molecule has 0 amide bonds.